The number of carbonyl (C=O) groups excluding carboxylic acids is 2. The number of rotatable bonds is 9. The van der Waals surface area contributed by atoms with Gasteiger partial charge >= 0.3 is 0 Å². The summed E-state index contributed by atoms with van der Waals surface area (Å²) in [5, 5.41) is 49.3. The number of thiophene rings is 2. The van der Waals surface area contributed by atoms with E-state index in [0.29, 0.717) is 86.5 Å². The Balaban J connectivity index is 0.000000160. The summed E-state index contributed by atoms with van der Waals surface area (Å²) in [5.41, 5.74) is 0.360. The molecule has 0 aromatic carbocycles. The van der Waals surface area contributed by atoms with E-state index in [1.807, 2.05) is 19.1 Å². The minimum absolute atomic E-state index is 0.00917. The lowest BCUT2D eigenvalue weighted by atomic mass is 9.92. The molecule has 4 saturated carbocycles. The standard InChI is InChI=1S/C22H22ClN5O3S.C21H20ClN5O3S/c1-3-13(29)22-9-12(22)17(18(30)19(22)31)28-10-25-16-20(24-4-2)26-15(27-21(16)28)8-6-11-5-7-14(23)32-11;1-3-12(28)21-8-11(21)16(17(29)18(21)30)27-9-24-15-19(23-2)25-14(26-20(15)27)7-5-10-4-6-13(22)31-10/h5,7,10,12,17-19,30-31H,3-4,9H2,1-2H3,(H,24,26,27);4,6,9,11,16-18,29-30H,3,8H2,1-2H3,(H,23,25,26)/t12-,17-,18?,19-,22-;11-,16-,17?,18-,21-/m11/s1. The van der Waals surface area contributed by atoms with Crippen LogP contribution in [0.2, 0.25) is 8.67 Å². The molecule has 10 atom stereocenters. The van der Waals surface area contributed by atoms with E-state index in [2.05, 4.69) is 64.2 Å². The first-order valence-electron chi connectivity index (χ1n) is 20.5. The Morgan fingerprint density at radius 3 is 1.56 bits per heavy atom. The molecule has 6 N–H and O–H groups in total. The van der Waals surface area contributed by atoms with Crippen LogP contribution in [0.5, 0.6) is 0 Å². The summed E-state index contributed by atoms with van der Waals surface area (Å²) >= 11 is 14.7. The van der Waals surface area contributed by atoms with Crippen LogP contribution in [0, 0.1) is 46.3 Å². The summed E-state index contributed by atoms with van der Waals surface area (Å²) < 4.78 is 4.82. The molecule has 0 saturated heterocycles. The minimum Gasteiger partial charge on any atom is -0.389 e. The van der Waals surface area contributed by atoms with Crippen molar-refractivity contribution in [3.63, 3.8) is 0 Å². The molecule has 0 spiro atoms. The smallest absolute Gasteiger partial charge is 0.209 e. The molecule has 326 valence electrons. The number of anilines is 2. The fourth-order valence-electron chi connectivity index (χ4n) is 9.79. The lowest BCUT2D eigenvalue weighted by Crippen LogP contribution is -2.37. The Labute approximate surface area is 379 Å². The number of hydrogen-bond acceptors (Lipinski definition) is 16. The van der Waals surface area contributed by atoms with Crippen molar-refractivity contribution in [3.05, 3.63) is 67.0 Å². The first-order valence-corrected chi connectivity index (χ1v) is 22.9. The zero-order chi connectivity index (χ0) is 44.5. The van der Waals surface area contributed by atoms with Crippen LogP contribution in [0.4, 0.5) is 11.6 Å². The number of Topliss-reactive ketones (excluding diaryl/α,β-unsaturated/α-hetero) is 2. The van der Waals surface area contributed by atoms with Crippen molar-refractivity contribution in [1.29, 1.82) is 0 Å². The number of aliphatic hydroxyl groups is 4. The molecule has 0 bridgehead atoms. The van der Waals surface area contributed by atoms with E-state index in [9.17, 15) is 30.0 Å². The van der Waals surface area contributed by atoms with E-state index in [4.69, 9.17) is 23.2 Å². The van der Waals surface area contributed by atoms with Crippen LogP contribution < -0.4 is 10.6 Å². The first-order chi connectivity index (χ1) is 30.3. The monoisotopic (exact) mass is 928 g/mol. The Bertz CT molecular complexity index is 2930. The van der Waals surface area contributed by atoms with Gasteiger partial charge in [0.25, 0.3) is 0 Å². The summed E-state index contributed by atoms with van der Waals surface area (Å²) in [6, 6.07) is 6.24. The van der Waals surface area contributed by atoms with Gasteiger partial charge in [-0.25, -0.2) is 29.9 Å². The highest BCUT2D eigenvalue weighted by atomic mass is 35.5. The van der Waals surface area contributed by atoms with Gasteiger partial charge in [-0.3, -0.25) is 9.59 Å². The molecule has 0 radical (unpaired) electrons. The average Bonchev–Trinajstić information content (AvgIpc) is 3.66. The SMILES string of the molecule is CCC(=O)[C@@]12C[C@@H]1[C@@H](n1cnc3c(NC)nc(C#Cc4ccc(Cl)s4)nc31)C(O)[C@H]2O.CCNc1nc(C#Cc2ccc(Cl)s2)nc2c1ncn2[C@H]1C(O)[C@@H](O)[C@]2(C(=O)CC)C[C@H]12. The Kier molecular flexibility index (Phi) is 11.3. The van der Waals surface area contributed by atoms with E-state index < -0.39 is 47.3 Å². The molecule has 4 fully saturated rings. The molecular weight excluding hydrogens is 888 g/mol. The molecule has 20 heteroatoms. The molecule has 6 aromatic heterocycles. The van der Waals surface area contributed by atoms with Gasteiger partial charge in [-0.15, -0.1) is 22.7 Å². The lowest BCUT2D eigenvalue weighted by molar-refractivity contribution is -0.130. The maximum atomic E-state index is 12.6. The fraction of sp³-hybridized carbons (Fsp3) is 0.442. The van der Waals surface area contributed by atoms with Gasteiger partial charge < -0.3 is 40.2 Å². The third kappa shape index (κ3) is 7.08. The Hall–Kier alpha value is -5.02. The third-order valence-electron chi connectivity index (χ3n) is 12.8. The van der Waals surface area contributed by atoms with Crippen molar-refractivity contribution in [2.75, 3.05) is 24.2 Å². The van der Waals surface area contributed by atoms with Gasteiger partial charge in [-0.2, -0.15) is 0 Å². The summed E-state index contributed by atoms with van der Waals surface area (Å²) in [4.78, 5) is 53.7. The summed E-state index contributed by atoms with van der Waals surface area (Å²) in [7, 11) is 1.73. The van der Waals surface area contributed by atoms with Crippen LogP contribution in [0.15, 0.2) is 36.9 Å². The molecule has 6 heterocycles. The topological polar surface area (TPSA) is 226 Å². The van der Waals surface area contributed by atoms with E-state index in [1.54, 1.807) is 54.8 Å². The number of imidazole rings is 2. The number of ketones is 2. The molecular formula is C43H42Cl2N10O6S2. The molecule has 0 aliphatic heterocycles. The number of nitrogens with one attached hydrogen (secondary N) is 2. The van der Waals surface area contributed by atoms with Crippen molar-refractivity contribution in [1.82, 2.24) is 39.0 Å². The molecule has 10 rings (SSSR count). The summed E-state index contributed by atoms with van der Waals surface area (Å²) in [5.74, 6) is 13.3. The number of aliphatic hydroxyl groups excluding tert-OH is 4. The van der Waals surface area contributed by atoms with Crippen molar-refractivity contribution in [2.45, 2.75) is 83.0 Å². The molecule has 2 unspecified atom stereocenters. The number of halogens is 2. The number of fused-ring (bicyclic) bond motifs is 4. The van der Waals surface area contributed by atoms with Crippen LogP contribution >= 0.6 is 45.9 Å². The predicted octanol–water partition coefficient (Wildman–Crippen LogP) is 4.88. The van der Waals surface area contributed by atoms with Gasteiger partial charge in [0.15, 0.2) is 34.0 Å². The zero-order valence-electron chi connectivity index (χ0n) is 34.4. The molecule has 0 amide bonds. The van der Waals surface area contributed by atoms with Crippen molar-refractivity contribution >= 4 is 91.4 Å². The third-order valence-corrected chi connectivity index (χ3v) is 15.1. The minimum atomic E-state index is -1.10. The van der Waals surface area contributed by atoms with Crippen molar-refractivity contribution in [3.8, 4) is 23.7 Å². The normalized spacial score (nSPS) is 28.5. The molecule has 6 aromatic rings. The highest BCUT2D eigenvalue weighted by Crippen LogP contribution is 2.69. The molecule has 63 heavy (non-hydrogen) atoms. The van der Waals surface area contributed by atoms with Gasteiger partial charge in [0.1, 0.15) is 23.8 Å². The number of nitrogens with zero attached hydrogens (tertiary/aromatic N) is 8. The average molecular weight is 930 g/mol. The van der Waals surface area contributed by atoms with E-state index in [1.165, 1.54) is 22.7 Å². The lowest BCUT2D eigenvalue weighted by Gasteiger charge is -2.23. The predicted molar refractivity (Wildman–Crippen MR) is 239 cm³/mol. The molecule has 16 nitrogen and oxygen atoms in total. The van der Waals surface area contributed by atoms with Crippen molar-refractivity contribution in [2.24, 2.45) is 22.7 Å². The highest BCUT2D eigenvalue weighted by molar-refractivity contribution is 7.17. The van der Waals surface area contributed by atoms with Crippen molar-refractivity contribution < 1.29 is 30.0 Å². The Morgan fingerprint density at radius 1 is 0.714 bits per heavy atom. The largest absolute Gasteiger partial charge is 0.389 e. The van der Waals surface area contributed by atoms with Crippen LogP contribution in [-0.4, -0.2) is 109 Å². The maximum Gasteiger partial charge on any atom is 0.209 e. The van der Waals surface area contributed by atoms with Gasteiger partial charge in [0.2, 0.25) is 11.6 Å². The van der Waals surface area contributed by atoms with E-state index in [-0.39, 0.29) is 23.4 Å². The second kappa shape index (κ2) is 16.5. The van der Waals surface area contributed by atoms with Crippen LogP contribution in [0.3, 0.4) is 0 Å². The van der Waals surface area contributed by atoms with E-state index >= 15 is 0 Å². The summed E-state index contributed by atoms with van der Waals surface area (Å²) in [6.07, 6.45) is 0.597. The second-order valence-electron chi connectivity index (χ2n) is 16.0. The van der Waals surface area contributed by atoms with Gasteiger partial charge in [0.05, 0.1) is 66.2 Å². The highest BCUT2D eigenvalue weighted by Gasteiger charge is 2.75. The van der Waals surface area contributed by atoms with E-state index in [0.717, 1.165) is 9.75 Å². The number of aromatic nitrogens is 8. The molecule has 4 aliphatic carbocycles. The molecule has 4 aliphatic rings. The van der Waals surface area contributed by atoms with Gasteiger partial charge in [-0.05, 0) is 79.5 Å². The zero-order valence-corrected chi connectivity index (χ0v) is 37.5. The quantitative estimate of drug-likeness (QED) is 0.106. The van der Waals surface area contributed by atoms with Gasteiger partial charge in [-0.1, -0.05) is 37.0 Å². The van der Waals surface area contributed by atoms with Crippen LogP contribution in [0.1, 0.15) is 79.9 Å². The number of carbonyl (C=O) groups is 2. The fourth-order valence-corrected chi connectivity index (χ4v) is 11.6. The maximum absolute atomic E-state index is 12.6. The van der Waals surface area contributed by atoms with Crippen LogP contribution in [0.25, 0.3) is 22.3 Å². The van der Waals surface area contributed by atoms with Crippen LogP contribution in [-0.2, 0) is 9.59 Å². The Morgan fingerprint density at radius 2 is 1.16 bits per heavy atom. The number of hydrogen-bond donors (Lipinski definition) is 6. The summed E-state index contributed by atoms with van der Waals surface area (Å²) in [6.45, 7) is 6.15. The first kappa shape index (κ1) is 43.2. The van der Waals surface area contributed by atoms with Gasteiger partial charge in [0, 0.05) is 26.4 Å². The second-order valence-corrected chi connectivity index (χ2v) is 19.5.